The fourth-order valence-corrected chi connectivity index (χ4v) is 3.14. The molecule has 3 heterocycles. The maximum atomic E-state index is 11.3. The molecule has 0 fully saturated rings. The normalized spacial score (nSPS) is 12.7. The van der Waals surface area contributed by atoms with E-state index in [0.29, 0.717) is 36.5 Å². The van der Waals surface area contributed by atoms with Crippen LogP contribution in [0.15, 0.2) is 53.8 Å². The zero-order valence-corrected chi connectivity index (χ0v) is 13.9. The van der Waals surface area contributed by atoms with Gasteiger partial charge in [0.15, 0.2) is 0 Å². The van der Waals surface area contributed by atoms with Gasteiger partial charge in [-0.1, -0.05) is 6.07 Å². The smallest absolute Gasteiger partial charge is 0.270 e. The van der Waals surface area contributed by atoms with Gasteiger partial charge < -0.3 is 5.73 Å². The SMILES string of the molecule is NCCc1cnc2n1-c1ccc([N+](=O)[O-])cc1C(c1ccccn1)=NC2. The monoisotopic (exact) mass is 348 g/mol. The van der Waals surface area contributed by atoms with Crippen LogP contribution in [-0.4, -0.2) is 31.7 Å². The first-order chi connectivity index (χ1) is 12.7. The minimum atomic E-state index is -0.406. The molecule has 1 aromatic carbocycles. The van der Waals surface area contributed by atoms with Gasteiger partial charge in [0.1, 0.15) is 5.82 Å². The Morgan fingerprint density at radius 2 is 2.12 bits per heavy atom. The summed E-state index contributed by atoms with van der Waals surface area (Å²) < 4.78 is 1.99. The average Bonchev–Trinajstić information content (AvgIpc) is 2.97. The summed E-state index contributed by atoms with van der Waals surface area (Å²) in [7, 11) is 0. The Bertz CT molecular complexity index is 1010. The quantitative estimate of drug-likeness (QED) is 0.572. The van der Waals surface area contributed by atoms with Crippen LogP contribution >= 0.6 is 0 Å². The van der Waals surface area contributed by atoms with Crippen LogP contribution in [0.2, 0.25) is 0 Å². The molecule has 0 spiro atoms. The van der Waals surface area contributed by atoms with E-state index in [9.17, 15) is 10.1 Å². The highest BCUT2D eigenvalue weighted by atomic mass is 16.6. The first kappa shape index (κ1) is 16.1. The number of benzene rings is 1. The molecule has 0 saturated heterocycles. The Morgan fingerprint density at radius 1 is 1.23 bits per heavy atom. The van der Waals surface area contributed by atoms with Gasteiger partial charge in [0, 0.05) is 42.2 Å². The van der Waals surface area contributed by atoms with E-state index >= 15 is 0 Å². The number of rotatable bonds is 4. The van der Waals surface area contributed by atoms with Crippen molar-refractivity contribution in [1.29, 1.82) is 0 Å². The van der Waals surface area contributed by atoms with Gasteiger partial charge in [-0.3, -0.25) is 24.7 Å². The zero-order valence-electron chi connectivity index (χ0n) is 13.9. The van der Waals surface area contributed by atoms with Crippen LogP contribution in [0.1, 0.15) is 22.8 Å². The molecule has 8 nitrogen and oxygen atoms in total. The Hall–Kier alpha value is -3.39. The summed E-state index contributed by atoms with van der Waals surface area (Å²) in [4.78, 5) is 24.4. The third kappa shape index (κ3) is 2.66. The molecule has 2 N–H and O–H groups in total. The first-order valence-corrected chi connectivity index (χ1v) is 8.19. The predicted molar refractivity (Wildman–Crippen MR) is 96.6 cm³/mol. The van der Waals surface area contributed by atoms with Crippen molar-refractivity contribution in [2.75, 3.05) is 6.54 Å². The number of non-ortho nitro benzene ring substituents is 1. The van der Waals surface area contributed by atoms with Crippen molar-refractivity contribution in [1.82, 2.24) is 14.5 Å². The minimum Gasteiger partial charge on any atom is -0.330 e. The van der Waals surface area contributed by atoms with Crippen LogP contribution in [0.5, 0.6) is 0 Å². The van der Waals surface area contributed by atoms with Gasteiger partial charge in [0.05, 0.1) is 28.6 Å². The Morgan fingerprint density at radius 3 is 2.85 bits per heavy atom. The molecule has 0 bridgehead atoms. The standard InChI is InChI=1S/C18H16N6O2/c19-7-6-13-10-21-17-11-22-18(15-3-1-2-8-20-15)14-9-12(24(25)26)4-5-16(14)23(13)17/h1-5,8-10H,6-7,11,19H2. The Kier molecular flexibility index (Phi) is 4.02. The molecule has 0 amide bonds. The molecule has 1 aliphatic rings. The predicted octanol–water partition coefficient (Wildman–Crippen LogP) is 2.03. The van der Waals surface area contributed by atoms with Crippen LogP contribution in [0.4, 0.5) is 5.69 Å². The van der Waals surface area contributed by atoms with Crippen LogP contribution in [0.3, 0.4) is 0 Å². The van der Waals surface area contributed by atoms with Gasteiger partial charge in [0.25, 0.3) is 5.69 Å². The number of imidazole rings is 1. The molecule has 26 heavy (non-hydrogen) atoms. The molecular weight excluding hydrogens is 332 g/mol. The fourth-order valence-electron chi connectivity index (χ4n) is 3.14. The number of aliphatic imine (C=N–C) groups is 1. The number of fused-ring (bicyclic) bond motifs is 3. The van der Waals surface area contributed by atoms with E-state index in [4.69, 9.17) is 5.73 Å². The van der Waals surface area contributed by atoms with Crippen molar-refractivity contribution in [3.05, 3.63) is 81.7 Å². The van der Waals surface area contributed by atoms with E-state index in [0.717, 1.165) is 17.2 Å². The summed E-state index contributed by atoms with van der Waals surface area (Å²) in [5, 5.41) is 11.3. The average molecular weight is 348 g/mol. The maximum absolute atomic E-state index is 11.3. The molecule has 130 valence electrons. The molecule has 1 aliphatic heterocycles. The van der Waals surface area contributed by atoms with Crippen molar-refractivity contribution in [3.63, 3.8) is 0 Å². The fraction of sp³-hybridized carbons (Fsp3) is 0.167. The summed E-state index contributed by atoms with van der Waals surface area (Å²) in [6, 6.07) is 10.3. The molecule has 0 radical (unpaired) electrons. The van der Waals surface area contributed by atoms with Crippen molar-refractivity contribution in [3.8, 4) is 5.69 Å². The summed E-state index contributed by atoms with van der Waals surface area (Å²) in [5.74, 6) is 0.773. The molecule has 8 heteroatoms. The largest absolute Gasteiger partial charge is 0.330 e. The van der Waals surface area contributed by atoms with Crippen LogP contribution < -0.4 is 5.73 Å². The second-order valence-corrected chi connectivity index (χ2v) is 5.88. The molecule has 0 aliphatic carbocycles. The Balaban J connectivity index is 1.98. The molecule has 2 aromatic heterocycles. The van der Waals surface area contributed by atoms with E-state index in [1.807, 2.05) is 22.8 Å². The number of nitro benzene ring substituents is 1. The topological polar surface area (TPSA) is 112 Å². The summed E-state index contributed by atoms with van der Waals surface area (Å²) in [6.07, 6.45) is 4.12. The number of aromatic nitrogens is 3. The van der Waals surface area contributed by atoms with E-state index < -0.39 is 4.92 Å². The van der Waals surface area contributed by atoms with Crippen LogP contribution in [0.25, 0.3) is 5.69 Å². The molecule has 4 rings (SSSR count). The molecule has 3 aromatic rings. The van der Waals surface area contributed by atoms with Gasteiger partial charge in [0.2, 0.25) is 0 Å². The number of nitrogens with zero attached hydrogens (tertiary/aromatic N) is 5. The van der Waals surface area contributed by atoms with Crippen molar-refractivity contribution < 1.29 is 4.92 Å². The zero-order chi connectivity index (χ0) is 18.1. The maximum Gasteiger partial charge on any atom is 0.270 e. The van der Waals surface area contributed by atoms with Gasteiger partial charge in [-0.2, -0.15) is 0 Å². The third-order valence-corrected chi connectivity index (χ3v) is 4.28. The molecular formula is C18H16N6O2. The Labute approximate surface area is 149 Å². The number of nitrogens with two attached hydrogens (primary N) is 1. The number of hydrogen-bond donors (Lipinski definition) is 1. The van der Waals surface area contributed by atoms with E-state index in [1.54, 1.807) is 24.5 Å². The van der Waals surface area contributed by atoms with Crippen molar-refractivity contribution >= 4 is 11.4 Å². The molecule has 0 atom stereocenters. The lowest BCUT2D eigenvalue weighted by atomic mass is 10.0. The van der Waals surface area contributed by atoms with Crippen molar-refractivity contribution in [2.24, 2.45) is 10.7 Å². The van der Waals surface area contributed by atoms with E-state index in [2.05, 4.69) is 15.0 Å². The van der Waals surface area contributed by atoms with E-state index in [1.165, 1.54) is 6.07 Å². The number of hydrogen-bond acceptors (Lipinski definition) is 6. The van der Waals surface area contributed by atoms with Gasteiger partial charge in [-0.15, -0.1) is 0 Å². The third-order valence-electron chi connectivity index (χ3n) is 4.28. The molecule has 0 saturated carbocycles. The first-order valence-electron chi connectivity index (χ1n) is 8.19. The second-order valence-electron chi connectivity index (χ2n) is 5.88. The highest BCUT2D eigenvalue weighted by Gasteiger charge is 2.24. The van der Waals surface area contributed by atoms with Crippen LogP contribution in [0, 0.1) is 10.1 Å². The lowest BCUT2D eigenvalue weighted by Crippen LogP contribution is -2.12. The lowest BCUT2D eigenvalue weighted by Gasteiger charge is -2.14. The minimum absolute atomic E-state index is 0.0105. The summed E-state index contributed by atoms with van der Waals surface area (Å²) in [5.41, 5.74) is 9.43. The summed E-state index contributed by atoms with van der Waals surface area (Å²) >= 11 is 0. The summed E-state index contributed by atoms with van der Waals surface area (Å²) in [6.45, 7) is 0.848. The second kappa shape index (κ2) is 6.49. The van der Waals surface area contributed by atoms with Crippen molar-refractivity contribution in [2.45, 2.75) is 13.0 Å². The van der Waals surface area contributed by atoms with Gasteiger partial charge in [-0.05, 0) is 24.7 Å². The molecule has 0 unspecified atom stereocenters. The van der Waals surface area contributed by atoms with Crippen LogP contribution in [-0.2, 0) is 13.0 Å². The van der Waals surface area contributed by atoms with E-state index in [-0.39, 0.29) is 5.69 Å². The van der Waals surface area contributed by atoms with Gasteiger partial charge in [-0.25, -0.2) is 4.98 Å². The highest BCUT2D eigenvalue weighted by Crippen LogP contribution is 2.29. The number of pyridine rings is 1. The number of nitro groups is 1. The van der Waals surface area contributed by atoms with Gasteiger partial charge >= 0.3 is 0 Å². The highest BCUT2D eigenvalue weighted by molar-refractivity contribution is 6.14. The lowest BCUT2D eigenvalue weighted by molar-refractivity contribution is -0.384.